The highest BCUT2D eigenvalue weighted by Crippen LogP contribution is 2.44. The van der Waals surface area contributed by atoms with Crippen molar-refractivity contribution >= 4 is 17.7 Å². The number of rotatable bonds is 4. The monoisotopic (exact) mass is 396 g/mol. The van der Waals surface area contributed by atoms with Crippen molar-refractivity contribution in [3.8, 4) is 0 Å². The van der Waals surface area contributed by atoms with Gasteiger partial charge in [-0.05, 0) is 48.8 Å². The van der Waals surface area contributed by atoms with E-state index in [1.165, 1.54) is 19.3 Å². The molecule has 2 bridgehead atoms. The van der Waals surface area contributed by atoms with E-state index in [0.29, 0.717) is 25.1 Å². The van der Waals surface area contributed by atoms with Crippen molar-refractivity contribution in [2.24, 2.45) is 11.7 Å². The summed E-state index contributed by atoms with van der Waals surface area (Å²) >= 11 is 0. The summed E-state index contributed by atoms with van der Waals surface area (Å²) in [5.41, 5.74) is 9.08. The molecule has 1 aromatic carbocycles. The number of amides is 3. The van der Waals surface area contributed by atoms with Gasteiger partial charge < -0.3 is 10.6 Å². The lowest BCUT2D eigenvalue weighted by molar-refractivity contribution is -0.136. The van der Waals surface area contributed by atoms with Crippen molar-refractivity contribution in [1.82, 2.24) is 15.1 Å². The van der Waals surface area contributed by atoms with E-state index < -0.39 is 6.04 Å². The van der Waals surface area contributed by atoms with Crippen molar-refractivity contribution in [1.29, 1.82) is 0 Å². The Labute approximate surface area is 170 Å². The molecule has 1 aromatic rings. The molecule has 7 heteroatoms. The van der Waals surface area contributed by atoms with E-state index in [4.69, 9.17) is 5.73 Å². The van der Waals surface area contributed by atoms with Gasteiger partial charge in [0.2, 0.25) is 11.8 Å². The minimum atomic E-state index is -0.561. The standard InChI is InChI=1S/C22H28N4O3/c23-13-22-7-1-2-15(9-22)11-25(22)10-14-3-4-16-12-26(21(29)17(16)8-14)18-5-6-19(27)24-20(18)28/h3-4,8,15,18H,1-2,5-7,9-13,23H2,(H,24,27,28). The number of fused-ring (bicyclic) bond motifs is 3. The highest BCUT2D eigenvalue weighted by molar-refractivity contribution is 6.05. The molecule has 3 amide bonds. The number of carbonyl (C=O) groups excluding carboxylic acids is 3. The average molecular weight is 396 g/mol. The molecule has 2 saturated heterocycles. The molecule has 29 heavy (non-hydrogen) atoms. The van der Waals surface area contributed by atoms with E-state index in [2.05, 4.69) is 16.3 Å². The summed E-state index contributed by atoms with van der Waals surface area (Å²) < 4.78 is 0. The predicted octanol–water partition coefficient (Wildman–Crippen LogP) is 1.15. The van der Waals surface area contributed by atoms with Gasteiger partial charge in [0.1, 0.15) is 6.04 Å². The van der Waals surface area contributed by atoms with Gasteiger partial charge in [-0.3, -0.25) is 24.6 Å². The zero-order chi connectivity index (χ0) is 20.2. The van der Waals surface area contributed by atoms with Crippen LogP contribution in [0.15, 0.2) is 18.2 Å². The SMILES string of the molecule is NCC12CCCC(CN1Cc1ccc3c(c1)C(=O)N(C1CCC(=O)NC1=O)C3)C2. The number of carbonyl (C=O) groups is 3. The third-order valence-electron chi connectivity index (χ3n) is 7.42. The summed E-state index contributed by atoms with van der Waals surface area (Å²) in [5.74, 6) is 0.00986. The van der Waals surface area contributed by atoms with Gasteiger partial charge in [0.05, 0.1) is 0 Å². The van der Waals surface area contributed by atoms with Crippen LogP contribution in [-0.4, -0.2) is 52.2 Å². The largest absolute Gasteiger partial charge is 0.329 e. The Bertz CT molecular complexity index is 885. The molecule has 4 aliphatic rings. The zero-order valence-electron chi connectivity index (χ0n) is 16.7. The number of imide groups is 1. The third kappa shape index (κ3) is 3.07. The van der Waals surface area contributed by atoms with Crippen LogP contribution in [0.2, 0.25) is 0 Å². The van der Waals surface area contributed by atoms with Crippen LogP contribution in [0.25, 0.3) is 0 Å². The van der Waals surface area contributed by atoms with Gasteiger partial charge in [0.25, 0.3) is 5.91 Å². The minimum Gasteiger partial charge on any atom is -0.329 e. The molecule has 1 aliphatic carbocycles. The summed E-state index contributed by atoms with van der Waals surface area (Å²) in [5, 5.41) is 2.35. The lowest BCUT2D eigenvalue weighted by atomic mass is 9.80. The molecular formula is C22H28N4O3. The summed E-state index contributed by atoms with van der Waals surface area (Å²) in [7, 11) is 0. The van der Waals surface area contributed by atoms with E-state index in [9.17, 15) is 14.4 Å². The maximum Gasteiger partial charge on any atom is 0.255 e. The fraction of sp³-hybridized carbons (Fsp3) is 0.591. The molecule has 154 valence electrons. The number of piperidine rings is 1. The second-order valence-electron chi connectivity index (χ2n) is 9.16. The van der Waals surface area contributed by atoms with Crippen molar-refractivity contribution in [3.63, 3.8) is 0 Å². The lowest BCUT2D eigenvalue weighted by Crippen LogP contribution is -2.52. The highest BCUT2D eigenvalue weighted by atomic mass is 16.2. The number of hydrogen-bond acceptors (Lipinski definition) is 5. The van der Waals surface area contributed by atoms with Crippen LogP contribution in [0, 0.1) is 5.92 Å². The van der Waals surface area contributed by atoms with E-state index >= 15 is 0 Å². The number of hydrogen-bond donors (Lipinski definition) is 2. The summed E-state index contributed by atoms with van der Waals surface area (Å²) in [6.45, 7) is 3.02. The molecular weight excluding hydrogens is 368 g/mol. The maximum absolute atomic E-state index is 13.0. The Kier molecular flexibility index (Phi) is 4.47. The topological polar surface area (TPSA) is 95.7 Å². The Hall–Kier alpha value is -2.25. The van der Waals surface area contributed by atoms with E-state index in [1.807, 2.05) is 12.1 Å². The van der Waals surface area contributed by atoms with Crippen LogP contribution in [-0.2, 0) is 22.7 Å². The number of likely N-dealkylation sites (tertiary alicyclic amines) is 1. The first-order chi connectivity index (χ1) is 14.0. The van der Waals surface area contributed by atoms with Crippen LogP contribution >= 0.6 is 0 Å². The first kappa shape index (κ1) is 18.8. The molecule has 0 aromatic heterocycles. The van der Waals surface area contributed by atoms with Crippen LogP contribution < -0.4 is 11.1 Å². The van der Waals surface area contributed by atoms with Gasteiger partial charge >= 0.3 is 0 Å². The smallest absolute Gasteiger partial charge is 0.255 e. The summed E-state index contributed by atoms with van der Waals surface area (Å²) in [6.07, 6.45) is 5.57. The van der Waals surface area contributed by atoms with Crippen LogP contribution in [0.5, 0.6) is 0 Å². The van der Waals surface area contributed by atoms with Gasteiger partial charge in [-0.1, -0.05) is 18.6 Å². The van der Waals surface area contributed by atoms with Crippen LogP contribution in [0.4, 0.5) is 0 Å². The molecule has 3 aliphatic heterocycles. The van der Waals surface area contributed by atoms with E-state index in [1.54, 1.807) is 4.90 Å². The summed E-state index contributed by atoms with van der Waals surface area (Å²) in [6, 6.07) is 5.56. The fourth-order valence-corrected chi connectivity index (χ4v) is 5.88. The van der Waals surface area contributed by atoms with E-state index in [0.717, 1.165) is 36.6 Å². The average Bonchev–Trinajstić information content (AvgIpc) is 3.16. The van der Waals surface area contributed by atoms with Crippen LogP contribution in [0.3, 0.4) is 0 Å². The maximum atomic E-state index is 13.0. The molecule has 3 N–H and O–H groups in total. The van der Waals surface area contributed by atoms with Crippen molar-refractivity contribution in [2.75, 3.05) is 13.1 Å². The van der Waals surface area contributed by atoms with Crippen molar-refractivity contribution in [2.45, 2.75) is 63.2 Å². The number of benzene rings is 1. The molecule has 3 fully saturated rings. The van der Waals surface area contributed by atoms with Crippen molar-refractivity contribution in [3.05, 3.63) is 34.9 Å². The second kappa shape index (κ2) is 6.92. The van der Waals surface area contributed by atoms with Gasteiger partial charge in [0, 0.05) is 43.7 Å². The summed E-state index contributed by atoms with van der Waals surface area (Å²) in [4.78, 5) is 40.8. The quantitative estimate of drug-likeness (QED) is 0.745. The Balaban J connectivity index is 1.34. The Morgan fingerprint density at radius 2 is 2.07 bits per heavy atom. The van der Waals surface area contributed by atoms with E-state index in [-0.39, 0.29) is 29.7 Å². The second-order valence-corrected chi connectivity index (χ2v) is 9.16. The molecule has 3 unspecified atom stereocenters. The van der Waals surface area contributed by atoms with Gasteiger partial charge in [-0.25, -0.2) is 0 Å². The Morgan fingerprint density at radius 3 is 2.86 bits per heavy atom. The predicted molar refractivity (Wildman–Crippen MR) is 107 cm³/mol. The molecule has 5 rings (SSSR count). The number of nitrogens with one attached hydrogen (secondary N) is 1. The van der Waals surface area contributed by atoms with Crippen molar-refractivity contribution < 1.29 is 14.4 Å². The fourth-order valence-electron chi connectivity index (χ4n) is 5.88. The molecule has 0 radical (unpaired) electrons. The molecule has 1 saturated carbocycles. The minimum absolute atomic E-state index is 0.106. The first-order valence-electron chi connectivity index (χ1n) is 10.7. The number of nitrogens with zero attached hydrogens (tertiary/aromatic N) is 2. The van der Waals surface area contributed by atoms with Gasteiger partial charge in [-0.15, -0.1) is 0 Å². The van der Waals surface area contributed by atoms with Gasteiger partial charge in [0.15, 0.2) is 0 Å². The van der Waals surface area contributed by atoms with Gasteiger partial charge in [-0.2, -0.15) is 0 Å². The van der Waals surface area contributed by atoms with Crippen LogP contribution in [0.1, 0.15) is 60.0 Å². The third-order valence-corrected chi connectivity index (χ3v) is 7.42. The molecule has 3 heterocycles. The highest BCUT2D eigenvalue weighted by Gasteiger charge is 2.46. The Morgan fingerprint density at radius 1 is 1.21 bits per heavy atom. The lowest BCUT2D eigenvalue weighted by Gasteiger charge is -2.39. The normalized spacial score (nSPS) is 31.9. The molecule has 7 nitrogen and oxygen atoms in total. The molecule has 3 atom stereocenters. The number of nitrogens with two attached hydrogens (primary N) is 1. The first-order valence-corrected chi connectivity index (χ1v) is 10.7. The zero-order valence-corrected chi connectivity index (χ0v) is 16.7. The molecule has 0 spiro atoms.